The number of nitrogens with zero attached hydrogens (tertiary/aromatic N) is 4. The average Bonchev–Trinajstić information content (AvgIpc) is 3.34. The lowest BCUT2D eigenvalue weighted by atomic mass is 10.1. The van der Waals surface area contributed by atoms with Crippen molar-refractivity contribution in [1.82, 2.24) is 20.3 Å². The SMILES string of the molecule is COc1ccc(-c2nnc(Cc3nc(-c4ccc(C)c(C)c4)no3)o2)cc1. The fourth-order valence-electron chi connectivity index (χ4n) is 2.63. The summed E-state index contributed by atoms with van der Waals surface area (Å²) in [6.45, 7) is 4.12. The summed E-state index contributed by atoms with van der Waals surface area (Å²) >= 11 is 0. The Balaban J connectivity index is 1.51. The van der Waals surface area contributed by atoms with Gasteiger partial charge in [-0.15, -0.1) is 10.2 Å². The van der Waals surface area contributed by atoms with E-state index in [4.69, 9.17) is 13.7 Å². The van der Waals surface area contributed by atoms with Crippen LogP contribution in [0.5, 0.6) is 5.75 Å². The van der Waals surface area contributed by atoms with Crippen molar-refractivity contribution in [2.24, 2.45) is 0 Å². The van der Waals surface area contributed by atoms with Gasteiger partial charge >= 0.3 is 0 Å². The topological polar surface area (TPSA) is 87.1 Å². The predicted molar refractivity (Wildman–Crippen MR) is 98.3 cm³/mol. The van der Waals surface area contributed by atoms with Gasteiger partial charge < -0.3 is 13.7 Å². The van der Waals surface area contributed by atoms with E-state index in [0.29, 0.717) is 23.5 Å². The maximum absolute atomic E-state index is 5.71. The molecule has 0 spiro atoms. The van der Waals surface area contributed by atoms with Crippen molar-refractivity contribution in [2.45, 2.75) is 20.3 Å². The van der Waals surface area contributed by atoms with Crippen LogP contribution in [0.15, 0.2) is 51.4 Å². The third-order valence-electron chi connectivity index (χ3n) is 4.34. The van der Waals surface area contributed by atoms with E-state index >= 15 is 0 Å². The van der Waals surface area contributed by atoms with Gasteiger partial charge in [0.1, 0.15) is 12.2 Å². The van der Waals surface area contributed by atoms with Crippen molar-refractivity contribution in [1.29, 1.82) is 0 Å². The lowest BCUT2D eigenvalue weighted by molar-refractivity contribution is 0.374. The van der Waals surface area contributed by atoms with Crippen LogP contribution in [0.2, 0.25) is 0 Å². The molecular weight excluding hydrogens is 344 g/mol. The predicted octanol–water partition coefficient (Wildman–Crippen LogP) is 4.00. The van der Waals surface area contributed by atoms with E-state index in [-0.39, 0.29) is 6.42 Å². The van der Waals surface area contributed by atoms with E-state index in [1.807, 2.05) is 42.5 Å². The Morgan fingerprint density at radius 2 is 1.67 bits per heavy atom. The lowest BCUT2D eigenvalue weighted by Gasteiger charge is -2.00. The molecule has 0 amide bonds. The van der Waals surface area contributed by atoms with Crippen LogP contribution in [0.4, 0.5) is 0 Å². The minimum Gasteiger partial charge on any atom is -0.497 e. The standard InChI is InChI=1S/C20H18N4O3/c1-12-4-5-15(10-13(12)2)19-21-17(27-24-19)11-18-22-23-20(26-18)14-6-8-16(25-3)9-7-14/h4-10H,11H2,1-3H3. The van der Waals surface area contributed by atoms with Crippen LogP contribution < -0.4 is 4.74 Å². The van der Waals surface area contributed by atoms with Crippen molar-refractivity contribution in [3.63, 3.8) is 0 Å². The third kappa shape index (κ3) is 3.57. The summed E-state index contributed by atoms with van der Waals surface area (Å²) in [5.41, 5.74) is 4.13. The molecule has 7 heteroatoms. The Morgan fingerprint density at radius 3 is 2.41 bits per heavy atom. The Kier molecular flexibility index (Phi) is 4.42. The fraction of sp³-hybridized carbons (Fsp3) is 0.200. The highest BCUT2D eigenvalue weighted by Gasteiger charge is 2.15. The summed E-state index contributed by atoms with van der Waals surface area (Å²) in [5, 5.41) is 12.2. The van der Waals surface area contributed by atoms with E-state index in [1.54, 1.807) is 7.11 Å². The molecule has 2 heterocycles. The van der Waals surface area contributed by atoms with Crippen molar-refractivity contribution in [2.75, 3.05) is 7.11 Å². The maximum atomic E-state index is 5.71. The smallest absolute Gasteiger partial charge is 0.247 e. The normalized spacial score (nSPS) is 10.9. The van der Waals surface area contributed by atoms with Gasteiger partial charge in [0, 0.05) is 11.1 Å². The first-order valence-corrected chi connectivity index (χ1v) is 8.49. The number of hydrogen-bond donors (Lipinski definition) is 0. The number of hydrogen-bond acceptors (Lipinski definition) is 7. The number of aromatic nitrogens is 4. The van der Waals surface area contributed by atoms with Crippen LogP contribution in [-0.4, -0.2) is 27.4 Å². The molecule has 0 atom stereocenters. The molecule has 4 aromatic rings. The first-order chi connectivity index (χ1) is 13.1. The van der Waals surface area contributed by atoms with E-state index in [9.17, 15) is 0 Å². The largest absolute Gasteiger partial charge is 0.497 e. The first kappa shape index (κ1) is 17.0. The van der Waals surface area contributed by atoms with Crippen LogP contribution in [0, 0.1) is 13.8 Å². The van der Waals surface area contributed by atoms with Crippen molar-refractivity contribution in [3.05, 3.63) is 65.4 Å². The van der Waals surface area contributed by atoms with Crippen LogP contribution >= 0.6 is 0 Å². The van der Waals surface area contributed by atoms with Gasteiger partial charge in [-0.05, 0) is 55.3 Å². The number of benzene rings is 2. The van der Waals surface area contributed by atoms with E-state index < -0.39 is 0 Å². The number of ether oxygens (including phenoxy) is 1. The second-order valence-corrected chi connectivity index (χ2v) is 6.22. The zero-order chi connectivity index (χ0) is 18.8. The summed E-state index contributed by atoms with van der Waals surface area (Å²) in [6.07, 6.45) is 0.279. The molecule has 0 fully saturated rings. The summed E-state index contributed by atoms with van der Waals surface area (Å²) in [4.78, 5) is 4.43. The molecule has 0 saturated heterocycles. The van der Waals surface area contributed by atoms with Gasteiger partial charge in [0.05, 0.1) is 7.11 Å². The Hall–Kier alpha value is -3.48. The van der Waals surface area contributed by atoms with Crippen molar-refractivity contribution in [3.8, 4) is 28.6 Å². The Morgan fingerprint density at radius 1 is 0.889 bits per heavy atom. The monoisotopic (exact) mass is 362 g/mol. The molecule has 0 aliphatic carbocycles. The van der Waals surface area contributed by atoms with Gasteiger partial charge in [0.15, 0.2) is 0 Å². The quantitative estimate of drug-likeness (QED) is 0.530. The number of rotatable bonds is 5. The minimum absolute atomic E-state index is 0.279. The number of methoxy groups -OCH3 is 1. The summed E-state index contributed by atoms with van der Waals surface area (Å²) in [5.74, 6) is 2.58. The zero-order valence-corrected chi connectivity index (χ0v) is 15.3. The molecule has 0 aliphatic rings. The van der Waals surface area contributed by atoms with E-state index in [2.05, 4.69) is 34.2 Å². The molecule has 0 bridgehead atoms. The summed E-state index contributed by atoms with van der Waals surface area (Å²) in [6, 6.07) is 13.5. The van der Waals surface area contributed by atoms with E-state index in [0.717, 1.165) is 16.9 Å². The van der Waals surface area contributed by atoms with Crippen LogP contribution in [0.25, 0.3) is 22.8 Å². The van der Waals surface area contributed by atoms with Gasteiger partial charge in [0.25, 0.3) is 0 Å². The molecule has 0 saturated carbocycles. The van der Waals surface area contributed by atoms with Gasteiger partial charge in [-0.25, -0.2) is 0 Å². The van der Waals surface area contributed by atoms with Gasteiger partial charge in [-0.2, -0.15) is 4.98 Å². The highest BCUT2D eigenvalue weighted by molar-refractivity contribution is 5.56. The molecule has 2 aromatic carbocycles. The van der Waals surface area contributed by atoms with Gasteiger partial charge in [0.2, 0.25) is 23.5 Å². The van der Waals surface area contributed by atoms with Crippen LogP contribution in [0.1, 0.15) is 22.9 Å². The van der Waals surface area contributed by atoms with Gasteiger partial charge in [-0.1, -0.05) is 17.3 Å². The highest BCUT2D eigenvalue weighted by Crippen LogP contribution is 2.23. The summed E-state index contributed by atoms with van der Waals surface area (Å²) < 4.78 is 16.2. The fourth-order valence-corrected chi connectivity index (χ4v) is 2.63. The van der Waals surface area contributed by atoms with Gasteiger partial charge in [-0.3, -0.25) is 0 Å². The second kappa shape index (κ2) is 7.03. The zero-order valence-electron chi connectivity index (χ0n) is 15.3. The first-order valence-electron chi connectivity index (χ1n) is 8.49. The molecule has 0 unspecified atom stereocenters. The Labute approximate surface area is 156 Å². The van der Waals surface area contributed by atoms with Crippen LogP contribution in [-0.2, 0) is 6.42 Å². The van der Waals surface area contributed by atoms with Crippen molar-refractivity contribution < 1.29 is 13.7 Å². The second-order valence-electron chi connectivity index (χ2n) is 6.22. The van der Waals surface area contributed by atoms with Crippen molar-refractivity contribution >= 4 is 0 Å². The molecular formula is C20H18N4O3. The lowest BCUT2D eigenvalue weighted by Crippen LogP contribution is -1.89. The Bertz CT molecular complexity index is 1070. The average molecular weight is 362 g/mol. The summed E-state index contributed by atoms with van der Waals surface area (Å²) in [7, 11) is 1.62. The maximum Gasteiger partial charge on any atom is 0.247 e. The third-order valence-corrected chi connectivity index (χ3v) is 4.34. The molecule has 27 heavy (non-hydrogen) atoms. The molecule has 0 aliphatic heterocycles. The van der Waals surface area contributed by atoms with Crippen LogP contribution in [0.3, 0.4) is 0 Å². The van der Waals surface area contributed by atoms with E-state index in [1.165, 1.54) is 11.1 Å². The molecule has 136 valence electrons. The minimum atomic E-state index is 0.279. The number of aryl methyl sites for hydroxylation is 2. The molecule has 4 rings (SSSR count). The molecule has 0 N–H and O–H groups in total. The molecule has 0 radical (unpaired) electrons. The highest BCUT2D eigenvalue weighted by atomic mass is 16.5. The molecule has 7 nitrogen and oxygen atoms in total. The molecule has 2 aromatic heterocycles.